The first kappa shape index (κ1) is 13.3. The number of Topliss-reactive ketones (excluding diaryl/α,β-unsaturated/α-hetero) is 1. The minimum atomic E-state index is -0.431. The number of fused-ring (bicyclic) bond motifs is 1. The topological polar surface area (TPSA) is 26.3 Å². The molecule has 2 aromatic rings. The molecule has 1 aliphatic rings. The van der Waals surface area contributed by atoms with Crippen LogP contribution in [0.2, 0.25) is 0 Å². The van der Waals surface area contributed by atoms with Crippen molar-refractivity contribution in [1.82, 2.24) is 0 Å². The Labute approximate surface area is 124 Å². The maximum atomic E-state index is 13.6. The summed E-state index contributed by atoms with van der Waals surface area (Å²) in [4.78, 5) is 12.1. The van der Waals surface area contributed by atoms with Crippen LogP contribution in [-0.4, -0.2) is 5.78 Å². The van der Waals surface area contributed by atoms with E-state index in [1.54, 1.807) is 31.2 Å². The summed E-state index contributed by atoms with van der Waals surface area (Å²) in [6, 6.07) is 10.3. The Bertz CT molecular complexity index is 697. The van der Waals surface area contributed by atoms with Gasteiger partial charge in [0.25, 0.3) is 0 Å². The van der Waals surface area contributed by atoms with Gasteiger partial charge in [0.2, 0.25) is 0 Å². The summed E-state index contributed by atoms with van der Waals surface area (Å²) in [5.74, 6) is 0.282. The van der Waals surface area contributed by atoms with E-state index in [9.17, 15) is 9.18 Å². The van der Waals surface area contributed by atoms with Crippen LogP contribution in [0.1, 0.15) is 34.0 Å². The number of aryl methyl sites for hydroxylation is 1. The van der Waals surface area contributed by atoms with E-state index in [4.69, 9.17) is 4.74 Å². The molecule has 4 heteroatoms. The molecule has 1 atom stereocenters. The van der Waals surface area contributed by atoms with Gasteiger partial charge in [-0.05, 0) is 42.3 Å². The van der Waals surface area contributed by atoms with E-state index in [0.29, 0.717) is 22.4 Å². The van der Waals surface area contributed by atoms with Gasteiger partial charge in [-0.1, -0.05) is 28.1 Å². The normalized spacial score (nSPS) is 17.6. The van der Waals surface area contributed by atoms with Crippen LogP contribution in [-0.2, 0) is 0 Å². The highest BCUT2D eigenvalue weighted by Gasteiger charge is 2.28. The van der Waals surface area contributed by atoms with Gasteiger partial charge in [-0.3, -0.25) is 4.79 Å². The zero-order chi connectivity index (χ0) is 14.3. The average Bonchev–Trinajstić information content (AvgIpc) is 2.41. The van der Waals surface area contributed by atoms with Crippen molar-refractivity contribution in [2.24, 2.45) is 0 Å². The Morgan fingerprint density at radius 3 is 2.80 bits per heavy atom. The Balaban J connectivity index is 1.98. The number of halogens is 2. The maximum absolute atomic E-state index is 13.6. The average molecular weight is 335 g/mol. The number of carbonyl (C=O) groups excluding carboxylic acids is 1. The van der Waals surface area contributed by atoms with Gasteiger partial charge in [-0.2, -0.15) is 0 Å². The Hall–Kier alpha value is -1.68. The monoisotopic (exact) mass is 334 g/mol. The number of hydrogen-bond donors (Lipinski definition) is 0. The summed E-state index contributed by atoms with van der Waals surface area (Å²) in [7, 11) is 0. The quantitative estimate of drug-likeness (QED) is 0.761. The van der Waals surface area contributed by atoms with Crippen LogP contribution in [0, 0.1) is 12.7 Å². The molecule has 0 aliphatic carbocycles. The highest BCUT2D eigenvalue weighted by atomic mass is 79.9. The molecular formula is C16H12BrFO2. The molecular weight excluding hydrogens is 323 g/mol. The van der Waals surface area contributed by atoms with E-state index in [-0.39, 0.29) is 18.0 Å². The molecule has 0 N–H and O–H groups in total. The van der Waals surface area contributed by atoms with Crippen LogP contribution in [0.5, 0.6) is 5.75 Å². The molecule has 1 heterocycles. The number of ether oxygens (including phenoxy) is 1. The predicted molar refractivity (Wildman–Crippen MR) is 77.6 cm³/mol. The molecule has 3 rings (SSSR count). The Morgan fingerprint density at radius 2 is 2.05 bits per heavy atom. The number of hydrogen-bond acceptors (Lipinski definition) is 2. The first-order valence-electron chi connectivity index (χ1n) is 6.30. The van der Waals surface area contributed by atoms with Crippen LogP contribution in [0.4, 0.5) is 4.39 Å². The maximum Gasteiger partial charge on any atom is 0.170 e. The van der Waals surface area contributed by atoms with Gasteiger partial charge in [0.05, 0.1) is 12.0 Å². The second-order valence-electron chi connectivity index (χ2n) is 4.88. The Morgan fingerprint density at radius 1 is 1.25 bits per heavy atom. The van der Waals surface area contributed by atoms with Crippen LogP contribution in [0.15, 0.2) is 40.9 Å². The summed E-state index contributed by atoms with van der Waals surface area (Å²) in [5, 5.41) is 0. The van der Waals surface area contributed by atoms with E-state index < -0.39 is 6.10 Å². The van der Waals surface area contributed by atoms with Crippen LogP contribution >= 0.6 is 15.9 Å². The van der Waals surface area contributed by atoms with Crippen molar-refractivity contribution >= 4 is 21.7 Å². The summed E-state index contributed by atoms with van der Waals surface area (Å²) in [5.41, 5.74) is 1.85. The summed E-state index contributed by atoms with van der Waals surface area (Å²) < 4.78 is 20.3. The fourth-order valence-electron chi connectivity index (χ4n) is 2.29. The van der Waals surface area contributed by atoms with Gasteiger partial charge in [-0.25, -0.2) is 4.39 Å². The third kappa shape index (κ3) is 2.36. The van der Waals surface area contributed by atoms with Crippen molar-refractivity contribution in [1.29, 1.82) is 0 Å². The van der Waals surface area contributed by atoms with Gasteiger partial charge in [0.15, 0.2) is 5.78 Å². The fraction of sp³-hybridized carbons (Fsp3) is 0.188. The zero-order valence-corrected chi connectivity index (χ0v) is 12.4. The second-order valence-corrected chi connectivity index (χ2v) is 5.80. The van der Waals surface area contributed by atoms with E-state index in [2.05, 4.69) is 15.9 Å². The van der Waals surface area contributed by atoms with Crippen molar-refractivity contribution in [2.45, 2.75) is 19.4 Å². The van der Waals surface area contributed by atoms with Gasteiger partial charge < -0.3 is 4.74 Å². The molecule has 0 fully saturated rings. The molecule has 1 aliphatic heterocycles. The van der Waals surface area contributed by atoms with Crippen LogP contribution in [0.25, 0.3) is 0 Å². The van der Waals surface area contributed by atoms with Crippen LogP contribution < -0.4 is 4.74 Å². The molecule has 0 aromatic heterocycles. The van der Waals surface area contributed by atoms with Gasteiger partial charge in [-0.15, -0.1) is 0 Å². The lowest BCUT2D eigenvalue weighted by Gasteiger charge is -2.25. The highest BCUT2D eigenvalue weighted by Crippen LogP contribution is 2.36. The molecule has 0 radical (unpaired) electrons. The molecule has 0 saturated heterocycles. The standard InChI is InChI=1S/C16H12BrFO2/c1-9-2-3-10(6-13(9)18)15-8-14(19)12-5-4-11(17)7-16(12)20-15/h2-7,15H,8H2,1H3. The van der Waals surface area contributed by atoms with Gasteiger partial charge in [0, 0.05) is 4.47 Å². The summed E-state index contributed by atoms with van der Waals surface area (Å²) >= 11 is 3.36. The number of ketones is 1. The molecule has 2 aromatic carbocycles. The number of carbonyl (C=O) groups is 1. The lowest BCUT2D eigenvalue weighted by atomic mass is 9.96. The third-order valence-electron chi connectivity index (χ3n) is 3.45. The fourth-order valence-corrected chi connectivity index (χ4v) is 2.63. The van der Waals surface area contributed by atoms with Crippen molar-refractivity contribution < 1.29 is 13.9 Å². The molecule has 0 amide bonds. The zero-order valence-electron chi connectivity index (χ0n) is 10.8. The van der Waals surface area contributed by atoms with Gasteiger partial charge in [0.1, 0.15) is 17.7 Å². The minimum Gasteiger partial charge on any atom is -0.484 e. The van der Waals surface area contributed by atoms with Crippen LogP contribution in [0.3, 0.4) is 0 Å². The van der Waals surface area contributed by atoms with E-state index in [1.165, 1.54) is 6.07 Å². The molecule has 0 spiro atoms. The lowest BCUT2D eigenvalue weighted by Crippen LogP contribution is -2.20. The highest BCUT2D eigenvalue weighted by molar-refractivity contribution is 9.10. The number of benzene rings is 2. The summed E-state index contributed by atoms with van der Waals surface area (Å²) in [6.45, 7) is 1.71. The van der Waals surface area contributed by atoms with Gasteiger partial charge >= 0.3 is 0 Å². The first-order valence-corrected chi connectivity index (χ1v) is 7.09. The summed E-state index contributed by atoms with van der Waals surface area (Å²) in [6.07, 6.45) is -0.198. The third-order valence-corrected chi connectivity index (χ3v) is 3.95. The number of rotatable bonds is 1. The molecule has 102 valence electrons. The van der Waals surface area contributed by atoms with E-state index in [0.717, 1.165) is 4.47 Å². The lowest BCUT2D eigenvalue weighted by molar-refractivity contribution is 0.0849. The van der Waals surface area contributed by atoms with Crippen molar-refractivity contribution in [2.75, 3.05) is 0 Å². The van der Waals surface area contributed by atoms with E-state index >= 15 is 0 Å². The van der Waals surface area contributed by atoms with Crippen molar-refractivity contribution in [3.05, 3.63) is 63.4 Å². The predicted octanol–water partition coefficient (Wildman–Crippen LogP) is 4.60. The van der Waals surface area contributed by atoms with Crippen molar-refractivity contribution in [3.8, 4) is 5.75 Å². The first-order chi connectivity index (χ1) is 9.54. The molecule has 1 unspecified atom stereocenters. The smallest absolute Gasteiger partial charge is 0.170 e. The SMILES string of the molecule is Cc1ccc(C2CC(=O)c3ccc(Br)cc3O2)cc1F. The molecule has 0 bridgehead atoms. The minimum absolute atomic E-state index is 0.0183. The molecule has 2 nitrogen and oxygen atoms in total. The van der Waals surface area contributed by atoms with Crippen molar-refractivity contribution in [3.63, 3.8) is 0 Å². The van der Waals surface area contributed by atoms with E-state index in [1.807, 2.05) is 6.07 Å². The largest absolute Gasteiger partial charge is 0.484 e. The molecule has 20 heavy (non-hydrogen) atoms. The molecule has 0 saturated carbocycles. The Kier molecular flexibility index (Phi) is 3.34. The second kappa shape index (κ2) is 5.02.